The Kier molecular flexibility index (Phi) is 5.12. The molecule has 1 heterocycles. The van der Waals surface area contributed by atoms with Crippen LogP contribution in [0.5, 0.6) is 5.75 Å². The number of methoxy groups -OCH3 is 1. The molecule has 2 aromatic carbocycles. The highest BCUT2D eigenvalue weighted by molar-refractivity contribution is 5.90. The molecule has 148 valence electrons. The summed E-state index contributed by atoms with van der Waals surface area (Å²) in [6, 6.07) is 4.59. The van der Waals surface area contributed by atoms with E-state index < -0.39 is 23.6 Å². The van der Waals surface area contributed by atoms with Crippen molar-refractivity contribution in [2.75, 3.05) is 12.4 Å². The molecule has 0 saturated heterocycles. The lowest BCUT2D eigenvalue weighted by atomic mass is 10.1. The number of amides is 2. The summed E-state index contributed by atoms with van der Waals surface area (Å²) < 4.78 is 58.7. The van der Waals surface area contributed by atoms with Crippen molar-refractivity contribution in [1.29, 1.82) is 0 Å². The molecule has 1 aromatic heterocycles. The fraction of sp³-hybridized carbons (Fsp3) is 0.222. The molecule has 0 unspecified atom stereocenters. The minimum Gasteiger partial charge on any atom is -0.496 e. The highest BCUT2D eigenvalue weighted by Crippen LogP contribution is 2.31. The van der Waals surface area contributed by atoms with E-state index in [2.05, 4.69) is 15.6 Å². The minimum atomic E-state index is -4.67. The second kappa shape index (κ2) is 7.37. The monoisotopic (exact) mass is 396 g/mol. The molecular weight excluding hydrogens is 380 g/mol. The predicted molar refractivity (Wildman–Crippen MR) is 94.5 cm³/mol. The quantitative estimate of drug-likeness (QED) is 0.654. The smallest absolute Gasteiger partial charge is 0.416 e. The van der Waals surface area contributed by atoms with Crippen LogP contribution < -0.4 is 15.4 Å². The Morgan fingerprint density at radius 1 is 1.25 bits per heavy atom. The van der Waals surface area contributed by atoms with E-state index >= 15 is 0 Å². The highest BCUT2D eigenvalue weighted by atomic mass is 19.4. The van der Waals surface area contributed by atoms with E-state index in [0.29, 0.717) is 29.0 Å². The summed E-state index contributed by atoms with van der Waals surface area (Å²) in [5.74, 6) is -0.659. The lowest BCUT2D eigenvalue weighted by Crippen LogP contribution is -2.29. The molecule has 28 heavy (non-hydrogen) atoms. The number of ether oxygens (including phenoxy) is 1. The van der Waals surface area contributed by atoms with Gasteiger partial charge in [0, 0.05) is 12.6 Å². The number of anilines is 1. The lowest BCUT2D eigenvalue weighted by molar-refractivity contribution is -0.137. The molecule has 0 bridgehead atoms. The van der Waals surface area contributed by atoms with Crippen molar-refractivity contribution in [3.05, 3.63) is 53.6 Å². The van der Waals surface area contributed by atoms with Crippen LogP contribution in [0.15, 0.2) is 36.7 Å². The second-order valence-electron chi connectivity index (χ2n) is 5.97. The fourth-order valence-corrected chi connectivity index (χ4v) is 2.80. The zero-order chi connectivity index (χ0) is 20.5. The standard InChI is InChI=1S/C18H16F4N4O2/c1-26-9-24-14-5-6-15(28-2)11(16(14)26)8-23-17(27)25-13-4-3-10(7-12(13)19)18(20,21)22/h3-7,9H,8H2,1-2H3,(H2,23,25,27). The van der Waals surface area contributed by atoms with Gasteiger partial charge in [-0.05, 0) is 30.3 Å². The Hall–Kier alpha value is -3.30. The van der Waals surface area contributed by atoms with E-state index in [0.717, 1.165) is 11.6 Å². The van der Waals surface area contributed by atoms with Gasteiger partial charge < -0.3 is 19.9 Å². The molecule has 0 fully saturated rings. The van der Waals surface area contributed by atoms with Crippen LogP contribution in [-0.4, -0.2) is 22.7 Å². The van der Waals surface area contributed by atoms with Crippen molar-refractivity contribution in [3.63, 3.8) is 0 Å². The number of fused-ring (bicyclic) bond motifs is 1. The molecule has 2 amide bonds. The maximum Gasteiger partial charge on any atom is 0.416 e. The number of alkyl halides is 3. The first kappa shape index (κ1) is 19.5. The van der Waals surface area contributed by atoms with Crippen LogP contribution in [0.25, 0.3) is 11.0 Å². The number of carbonyl (C=O) groups excluding carboxylic acids is 1. The molecule has 0 saturated carbocycles. The van der Waals surface area contributed by atoms with Gasteiger partial charge in [0.2, 0.25) is 0 Å². The Labute approximate surface area is 157 Å². The number of benzene rings is 2. The molecule has 3 aromatic rings. The first-order valence-electron chi connectivity index (χ1n) is 8.09. The number of imidazole rings is 1. The number of rotatable bonds is 4. The zero-order valence-corrected chi connectivity index (χ0v) is 14.9. The number of hydrogen-bond acceptors (Lipinski definition) is 3. The predicted octanol–water partition coefficient (Wildman–Crippen LogP) is 4.06. The topological polar surface area (TPSA) is 68.2 Å². The van der Waals surface area contributed by atoms with Gasteiger partial charge in [0.05, 0.1) is 42.3 Å². The summed E-state index contributed by atoms with van der Waals surface area (Å²) in [5.41, 5.74) is 0.609. The number of nitrogens with zero attached hydrogens (tertiary/aromatic N) is 2. The molecule has 10 heteroatoms. The van der Waals surface area contributed by atoms with Crippen molar-refractivity contribution in [1.82, 2.24) is 14.9 Å². The Balaban J connectivity index is 1.75. The van der Waals surface area contributed by atoms with Gasteiger partial charge >= 0.3 is 12.2 Å². The zero-order valence-electron chi connectivity index (χ0n) is 14.9. The number of hydrogen-bond donors (Lipinski definition) is 2. The number of nitrogens with one attached hydrogen (secondary N) is 2. The van der Waals surface area contributed by atoms with Crippen LogP contribution in [0.4, 0.5) is 28.0 Å². The van der Waals surface area contributed by atoms with Gasteiger partial charge in [0.25, 0.3) is 0 Å². The van der Waals surface area contributed by atoms with Crippen molar-refractivity contribution in [2.24, 2.45) is 7.05 Å². The summed E-state index contributed by atoms with van der Waals surface area (Å²) in [4.78, 5) is 16.3. The third-order valence-electron chi connectivity index (χ3n) is 4.13. The SMILES string of the molecule is COc1ccc2ncn(C)c2c1CNC(=O)Nc1ccc(C(F)(F)F)cc1F. The molecule has 2 N–H and O–H groups in total. The van der Waals surface area contributed by atoms with Crippen molar-refractivity contribution < 1.29 is 27.1 Å². The summed E-state index contributed by atoms with van der Waals surface area (Å²) in [5, 5.41) is 4.74. The van der Waals surface area contributed by atoms with E-state index in [1.54, 1.807) is 30.1 Å². The number of aryl methyl sites for hydroxylation is 1. The van der Waals surface area contributed by atoms with Gasteiger partial charge in [0.15, 0.2) is 0 Å². The van der Waals surface area contributed by atoms with Crippen molar-refractivity contribution >= 4 is 22.8 Å². The van der Waals surface area contributed by atoms with Gasteiger partial charge in [-0.15, -0.1) is 0 Å². The Morgan fingerprint density at radius 3 is 2.64 bits per heavy atom. The van der Waals surface area contributed by atoms with E-state index in [1.807, 2.05) is 0 Å². The molecule has 6 nitrogen and oxygen atoms in total. The van der Waals surface area contributed by atoms with Crippen LogP contribution in [0.3, 0.4) is 0 Å². The van der Waals surface area contributed by atoms with Crippen LogP contribution in [-0.2, 0) is 19.8 Å². The second-order valence-corrected chi connectivity index (χ2v) is 5.97. The molecule has 0 atom stereocenters. The van der Waals surface area contributed by atoms with Crippen LogP contribution in [0, 0.1) is 5.82 Å². The normalized spacial score (nSPS) is 11.5. The van der Waals surface area contributed by atoms with Crippen molar-refractivity contribution in [3.8, 4) is 5.75 Å². The molecule has 0 spiro atoms. The summed E-state index contributed by atoms with van der Waals surface area (Å²) in [7, 11) is 3.27. The molecule has 0 radical (unpaired) electrons. The van der Waals surface area contributed by atoms with Gasteiger partial charge in [-0.25, -0.2) is 14.2 Å². The molecule has 0 aliphatic rings. The third kappa shape index (κ3) is 3.85. The first-order chi connectivity index (χ1) is 13.2. The average molecular weight is 396 g/mol. The van der Waals surface area contributed by atoms with Crippen molar-refractivity contribution in [2.45, 2.75) is 12.7 Å². The number of halogens is 4. The molecular formula is C18H16F4N4O2. The van der Waals surface area contributed by atoms with Gasteiger partial charge in [0.1, 0.15) is 11.6 Å². The Bertz CT molecular complexity index is 1030. The summed E-state index contributed by atoms with van der Waals surface area (Å²) >= 11 is 0. The number of aromatic nitrogens is 2. The largest absolute Gasteiger partial charge is 0.496 e. The van der Waals surface area contributed by atoms with Crippen LogP contribution in [0.1, 0.15) is 11.1 Å². The summed E-state index contributed by atoms with van der Waals surface area (Å²) in [6.45, 7) is 0.0358. The van der Waals surface area contributed by atoms with Crippen LogP contribution in [0.2, 0.25) is 0 Å². The van der Waals surface area contributed by atoms with Crippen LogP contribution >= 0.6 is 0 Å². The third-order valence-corrected chi connectivity index (χ3v) is 4.13. The van der Waals surface area contributed by atoms with E-state index in [4.69, 9.17) is 4.74 Å². The molecule has 3 rings (SSSR count). The maximum atomic E-state index is 13.9. The molecule has 0 aliphatic heterocycles. The minimum absolute atomic E-state index is 0.0358. The Morgan fingerprint density at radius 2 is 2.00 bits per heavy atom. The number of urea groups is 1. The van der Waals surface area contributed by atoms with E-state index in [1.165, 1.54) is 7.11 Å². The van der Waals surface area contributed by atoms with E-state index in [9.17, 15) is 22.4 Å². The fourth-order valence-electron chi connectivity index (χ4n) is 2.80. The average Bonchev–Trinajstić information content (AvgIpc) is 3.01. The van der Waals surface area contributed by atoms with Gasteiger partial charge in [-0.2, -0.15) is 13.2 Å². The van der Waals surface area contributed by atoms with E-state index in [-0.39, 0.29) is 12.2 Å². The van der Waals surface area contributed by atoms with Gasteiger partial charge in [-0.3, -0.25) is 0 Å². The summed E-state index contributed by atoms with van der Waals surface area (Å²) in [6.07, 6.45) is -3.05. The number of carbonyl (C=O) groups is 1. The molecule has 0 aliphatic carbocycles. The lowest BCUT2D eigenvalue weighted by Gasteiger charge is -2.13. The van der Waals surface area contributed by atoms with Gasteiger partial charge in [-0.1, -0.05) is 0 Å². The first-order valence-corrected chi connectivity index (χ1v) is 8.09. The maximum absolute atomic E-state index is 13.9. The highest BCUT2D eigenvalue weighted by Gasteiger charge is 2.31.